The van der Waals surface area contributed by atoms with E-state index in [1.54, 1.807) is 36.7 Å². The maximum absolute atomic E-state index is 13.0. The lowest BCUT2D eigenvalue weighted by atomic mass is 10.2. The average molecular weight is 456 g/mol. The van der Waals surface area contributed by atoms with Crippen molar-refractivity contribution in [2.24, 2.45) is 0 Å². The molecule has 0 fully saturated rings. The summed E-state index contributed by atoms with van der Waals surface area (Å²) in [6, 6.07) is 14.2. The number of carbonyl (C=O) groups excluding carboxylic acids is 1. The molecule has 0 atom stereocenters. The summed E-state index contributed by atoms with van der Waals surface area (Å²) < 4.78 is 31.1. The molecular formula is C22H18ClN3O4S. The molecule has 4 aromatic rings. The summed E-state index contributed by atoms with van der Waals surface area (Å²) >= 11 is 5.93. The minimum atomic E-state index is -3.79. The number of hydrogen-bond acceptors (Lipinski definition) is 5. The summed E-state index contributed by atoms with van der Waals surface area (Å²) in [6.45, 7) is 0.247. The fourth-order valence-corrected chi connectivity index (χ4v) is 4.71. The summed E-state index contributed by atoms with van der Waals surface area (Å²) in [4.78, 5) is 19.6. The zero-order valence-electron chi connectivity index (χ0n) is 16.4. The minimum Gasteiger partial charge on any atom is -0.495 e. The molecule has 0 spiro atoms. The van der Waals surface area contributed by atoms with Crippen LogP contribution in [0.3, 0.4) is 0 Å². The Kier molecular flexibility index (Phi) is 5.67. The first-order valence-corrected chi connectivity index (χ1v) is 11.1. The van der Waals surface area contributed by atoms with E-state index >= 15 is 0 Å². The van der Waals surface area contributed by atoms with Gasteiger partial charge in [0.25, 0.3) is 5.91 Å². The molecule has 4 rings (SSSR count). The largest absolute Gasteiger partial charge is 0.495 e. The maximum Gasteiger partial charge on any atom is 0.267 e. The fraction of sp³-hybridized carbons (Fsp3) is 0.0909. The van der Waals surface area contributed by atoms with Crippen molar-refractivity contribution in [2.45, 2.75) is 16.3 Å². The number of rotatable bonds is 6. The van der Waals surface area contributed by atoms with Crippen molar-refractivity contribution < 1.29 is 17.9 Å². The van der Waals surface area contributed by atoms with Crippen LogP contribution in [0.25, 0.3) is 10.9 Å². The number of hydrogen-bond donors (Lipinski definition) is 2. The lowest BCUT2D eigenvalue weighted by Crippen LogP contribution is -2.23. The van der Waals surface area contributed by atoms with Crippen LogP contribution in [-0.2, 0) is 16.4 Å². The zero-order chi connectivity index (χ0) is 22.0. The predicted octanol–water partition coefficient (Wildman–Crippen LogP) is 3.99. The van der Waals surface area contributed by atoms with Gasteiger partial charge < -0.3 is 15.0 Å². The van der Waals surface area contributed by atoms with Gasteiger partial charge in [0.05, 0.1) is 12.0 Å². The number of fused-ring (bicyclic) bond motifs is 1. The second-order valence-corrected chi connectivity index (χ2v) is 9.13. The van der Waals surface area contributed by atoms with E-state index in [9.17, 15) is 13.2 Å². The Labute approximate surface area is 184 Å². The Hall–Kier alpha value is -3.36. The molecule has 0 aliphatic carbocycles. The number of pyridine rings is 1. The molecule has 0 unspecified atom stereocenters. The van der Waals surface area contributed by atoms with Gasteiger partial charge in [0, 0.05) is 40.9 Å². The van der Waals surface area contributed by atoms with Crippen molar-refractivity contribution in [2.75, 3.05) is 7.11 Å². The van der Waals surface area contributed by atoms with Gasteiger partial charge >= 0.3 is 0 Å². The lowest BCUT2D eigenvalue weighted by molar-refractivity contribution is 0.0946. The lowest BCUT2D eigenvalue weighted by Gasteiger charge is -2.11. The number of sulfone groups is 1. The minimum absolute atomic E-state index is 0.0359. The van der Waals surface area contributed by atoms with Crippen LogP contribution < -0.4 is 10.1 Å². The average Bonchev–Trinajstić information content (AvgIpc) is 3.22. The third kappa shape index (κ3) is 4.26. The third-order valence-corrected chi connectivity index (χ3v) is 6.81. The SMILES string of the molecule is COc1cc(Cl)ccc1S(=O)(=O)c1ccc(CNC(=O)c2cc3cnccc3[nH]2)cc1. The van der Waals surface area contributed by atoms with Gasteiger partial charge in [-0.25, -0.2) is 8.42 Å². The number of nitrogens with one attached hydrogen (secondary N) is 2. The van der Waals surface area contributed by atoms with Gasteiger partial charge in [0.15, 0.2) is 0 Å². The first-order valence-electron chi connectivity index (χ1n) is 9.27. The van der Waals surface area contributed by atoms with E-state index in [0.717, 1.165) is 16.5 Å². The molecular weight excluding hydrogens is 438 g/mol. The number of ether oxygens (including phenoxy) is 1. The van der Waals surface area contributed by atoms with E-state index in [2.05, 4.69) is 15.3 Å². The molecule has 2 N–H and O–H groups in total. The van der Waals surface area contributed by atoms with Crippen molar-refractivity contribution in [1.29, 1.82) is 0 Å². The van der Waals surface area contributed by atoms with E-state index in [-0.39, 0.29) is 28.0 Å². The van der Waals surface area contributed by atoms with E-state index in [1.165, 1.54) is 37.4 Å². The second kappa shape index (κ2) is 8.41. The Balaban J connectivity index is 1.48. The summed E-state index contributed by atoms with van der Waals surface area (Å²) in [6.07, 6.45) is 3.33. The molecule has 2 aromatic heterocycles. The van der Waals surface area contributed by atoms with Crippen LogP contribution in [0.15, 0.2) is 76.8 Å². The van der Waals surface area contributed by atoms with Crippen LogP contribution in [0.5, 0.6) is 5.75 Å². The summed E-state index contributed by atoms with van der Waals surface area (Å²) in [5.74, 6) is -0.0869. The molecule has 1 amide bonds. The number of methoxy groups -OCH3 is 1. The van der Waals surface area contributed by atoms with Gasteiger partial charge in [-0.05, 0) is 42.0 Å². The fourth-order valence-electron chi connectivity index (χ4n) is 3.15. The van der Waals surface area contributed by atoms with Gasteiger partial charge in [-0.3, -0.25) is 9.78 Å². The van der Waals surface area contributed by atoms with Crippen molar-refractivity contribution in [3.05, 3.63) is 83.3 Å². The Morgan fingerprint density at radius 2 is 1.90 bits per heavy atom. The highest BCUT2D eigenvalue weighted by atomic mass is 35.5. The number of aromatic nitrogens is 2. The maximum atomic E-state index is 13.0. The first kappa shape index (κ1) is 20.9. The van der Waals surface area contributed by atoms with E-state index in [1.807, 2.05) is 0 Å². The highest BCUT2D eigenvalue weighted by Crippen LogP contribution is 2.31. The molecule has 0 saturated heterocycles. The van der Waals surface area contributed by atoms with Crippen LogP contribution in [0.1, 0.15) is 16.1 Å². The molecule has 31 heavy (non-hydrogen) atoms. The quantitative estimate of drug-likeness (QED) is 0.457. The van der Waals surface area contributed by atoms with Crippen LogP contribution in [0.4, 0.5) is 0 Å². The number of halogens is 1. The molecule has 9 heteroatoms. The van der Waals surface area contributed by atoms with Crippen LogP contribution >= 0.6 is 11.6 Å². The standard InChI is InChI=1S/C22H18ClN3O4S/c1-30-20-11-16(23)4-7-21(20)31(28,29)17-5-2-14(3-6-17)12-25-22(27)19-10-15-13-24-9-8-18(15)26-19/h2-11,13,26H,12H2,1H3,(H,25,27). The molecule has 2 heterocycles. The second-order valence-electron chi connectivity index (χ2n) is 6.77. The number of nitrogens with zero attached hydrogens (tertiary/aromatic N) is 1. The van der Waals surface area contributed by atoms with Crippen molar-refractivity contribution in [3.8, 4) is 5.75 Å². The van der Waals surface area contributed by atoms with Crippen molar-refractivity contribution in [1.82, 2.24) is 15.3 Å². The monoisotopic (exact) mass is 455 g/mol. The molecule has 0 bridgehead atoms. The van der Waals surface area contributed by atoms with Crippen LogP contribution in [0.2, 0.25) is 5.02 Å². The van der Waals surface area contributed by atoms with Crippen LogP contribution in [-0.4, -0.2) is 31.4 Å². The van der Waals surface area contributed by atoms with Crippen LogP contribution in [0, 0.1) is 0 Å². The van der Waals surface area contributed by atoms with Gasteiger partial charge in [-0.2, -0.15) is 0 Å². The molecule has 0 aliphatic heterocycles. The normalized spacial score (nSPS) is 11.4. The molecule has 158 valence electrons. The highest BCUT2D eigenvalue weighted by Gasteiger charge is 2.22. The molecule has 0 aliphatic rings. The number of carbonyl (C=O) groups is 1. The van der Waals surface area contributed by atoms with Crippen molar-refractivity contribution >= 4 is 38.2 Å². The molecule has 0 radical (unpaired) electrons. The smallest absolute Gasteiger partial charge is 0.267 e. The van der Waals surface area contributed by atoms with E-state index < -0.39 is 9.84 Å². The van der Waals surface area contributed by atoms with E-state index in [4.69, 9.17) is 16.3 Å². The Morgan fingerprint density at radius 1 is 1.13 bits per heavy atom. The molecule has 0 saturated carbocycles. The number of amides is 1. The van der Waals surface area contributed by atoms with Gasteiger partial charge in [-0.15, -0.1) is 0 Å². The Bertz CT molecular complexity index is 1330. The predicted molar refractivity (Wildman–Crippen MR) is 117 cm³/mol. The molecule has 7 nitrogen and oxygen atoms in total. The summed E-state index contributed by atoms with van der Waals surface area (Å²) in [7, 11) is -2.40. The third-order valence-electron chi connectivity index (χ3n) is 4.77. The highest BCUT2D eigenvalue weighted by molar-refractivity contribution is 7.91. The Morgan fingerprint density at radius 3 is 2.61 bits per heavy atom. The van der Waals surface area contributed by atoms with Crippen molar-refractivity contribution in [3.63, 3.8) is 0 Å². The first-order chi connectivity index (χ1) is 14.9. The van der Waals surface area contributed by atoms with E-state index in [0.29, 0.717) is 10.7 Å². The van der Waals surface area contributed by atoms with Gasteiger partial charge in [0.2, 0.25) is 9.84 Å². The molecule has 2 aromatic carbocycles. The summed E-state index contributed by atoms with van der Waals surface area (Å²) in [5.41, 5.74) is 2.01. The number of benzene rings is 2. The summed E-state index contributed by atoms with van der Waals surface area (Å²) in [5, 5.41) is 4.05. The zero-order valence-corrected chi connectivity index (χ0v) is 18.0. The van der Waals surface area contributed by atoms with Gasteiger partial charge in [-0.1, -0.05) is 23.7 Å². The number of H-pyrrole nitrogens is 1. The topological polar surface area (TPSA) is 101 Å². The number of aromatic amines is 1. The van der Waals surface area contributed by atoms with Gasteiger partial charge in [0.1, 0.15) is 16.3 Å².